The molecule has 2 aliphatic heterocycles. The topological polar surface area (TPSA) is 66.8 Å². The van der Waals surface area contributed by atoms with E-state index in [-0.39, 0.29) is 38.1 Å². The number of amides is 1. The third-order valence-electron chi connectivity index (χ3n) is 4.77. The van der Waals surface area contributed by atoms with Crippen LogP contribution in [0.3, 0.4) is 0 Å². The van der Waals surface area contributed by atoms with Gasteiger partial charge in [0.15, 0.2) is 0 Å². The van der Waals surface area contributed by atoms with Gasteiger partial charge in [0.1, 0.15) is 0 Å². The Labute approximate surface area is 116 Å². The van der Waals surface area contributed by atoms with Crippen LogP contribution in [0, 0.1) is 11.3 Å². The monoisotopic (exact) mass is 283 g/mol. The molecule has 0 aromatic heterocycles. The van der Waals surface area contributed by atoms with Crippen LogP contribution >= 0.6 is 0 Å². The third-order valence-corrected chi connectivity index (χ3v) is 4.77. The Balaban J connectivity index is 1.78. The van der Waals surface area contributed by atoms with E-state index in [2.05, 4.69) is 0 Å². The molecule has 3 aliphatic rings. The van der Waals surface area contributed by atoms with Gasteiger partial charge in [-0.05, 0) is 19.3 Å². The number of alkyl halides is 1. The van der Waals surface area contributed by atoms with Crippen LogP contribution in [0.15, 0.2) is 12.2 Å². The van der Waals surface area contributed by atoms with E-state index in [9.17, 15) is 19.1 Å². The van der Waals surface area contributed by atoms with Crippen LogP contribution in [0.2, 0.25) is 0 Å². The lowest BCUT2D eigenvalue weighted by Gasteiger charge is -2.43. The van der Waals surface area contributed by atoms with Gasteiger partial charge in [-0.1, -0.05) is 12.2 Å². The molecule has 2 atom stereocenters. The summed E-state index contributed by atoms with van der Waals surface area (Å²) >= 11 is 0. The Morgan fingerprint density at radius 1 is 1.30 bits per heavy atom. The maximum absolute atomic E-state index is 14.8. The van der Waals surface area contributed by atoms with E-state index >= 15 is 0 Å². The molecule has 1 amide bonds. The molecule has 2 saturated heterocycles. The lowest BCUT2D eigenvalue weighted by Crippen LogP contribution is -2.60. The van der Waals surface area contributed by atoms with Gasteiger partial charge in [-0.25, -0.2) is 9.18 Å². The largest absolute Gasteiger partial charge is 0.479 e. The SMILES string of the molecule is O=C([C@@H]1CC=CCC1)N1CC2(COC2)[C@@](F)(C(=O)O)C1. The van der Waals surface area contributed by atoms with E-state index in [1.807, 2.05) is 12.2 Å². The van der Waals surface area contributed by atoms with Crippen LogP contribution in [0.25, 0.3) is 0 Å². The van der Waals surface area contributed by atoms with Crippen molar-refractivity contribution in [1.82, 2.24) is 4.90 Å². The summed E-state index contributed by atoms with van der Waals surface area (Å²) in [5.74, 6) is -1.75. The van der Waals surface area contributed by atoms with Crippen molar-refractivity contribution in [2.45, 2.75) is 24.9 Å². The van der Waals surface area contributed by atoms with Gasteiger partial charge in [0, 0.05) is 12.5 Å². The Bertz CT molecular complexity index is 474. The molecule has 1 N–H and O–H groups in total. The molecule has 3 rings (SSSR count). The van der Waals surface area contributed by atoms with Crippen LogP contribution in [0.1, 0.15) is 19.3 Å². The summed E-state index contributed by atoms with van der Waals surface area (Å²) in [7, 11) is 0. The fourth-order valence-electron chi connectivity index (χ4n) is 3.37. The molecule has 0 bridgehead atoms. The molecule has 0 aromatic carbocycles. The summed E-state index contributed by atoms with van der Waals surface area (Å²) in [5, 5.41) is 9.20. The molecule has 0 radical (unpaired) electrons. The Kier molecular flexibility index (Phi) is 3.08. The van der Waals surface area contributed by atoms with E-state index in [0.717, 1.165) is 12.8 Å². The van der Waals surface area contributed by atoms with Gasteiger partial charge >= 0.3 is 5.97 Å². The summed E-state index contributed by atoms with van der Waals surface area (Å²) < 4.78 is 19.9. The zero-order chi connectivity index (χ0) is 14.4. The van der Waals surface area contributed by atoms with Crippen LogP contribution in [-0.2, 0) is 14.3 Å². The highest BCUT2D eigenvalue weighted by molar-refractivity contribution is 5.85. The van der Waals surface area contributed by atoms with Crippen molar-refractivity contribution in [3.8, 4) is 0 Å². The first-order chi connectivity index (χ1) is 9.48. The maximum atomic E-state index is 14.8. The van der Waals surface area contributed by atoms with Gasteiger partial charge in [0.2, 0.25) is 11.6 Å². The molecular weight excluding hydrogens is 265 g/mol. The molecule has 1 aliphatic carbocycles. The molecule has 110 valence electrons. The second-order valence-corrected chi connectivity index (χ2v) is 6.06. The maximum Gasteiger partial charge on any atom is 0.344 e. The van der Waals surface area contributed by atoms with E-state index in [4.69, 9.17) is 4.74 Å². The van der Waals surface area contributed by atoms with Gasteiger partial charge < -0.3 is 14.7 Å². The fourth-order valence-corrected chi connectivity index (χ4v) is 3.37. The van der Waals surface area contributed by atoms with Crippen LogP contribution in [0.4, 0.5) is 4.39 Å². The normalized spacial score (nSPS) is 35.0. The van der Waals surface area contributed by atoms with E-state index in [1.165, 1.54) is 4.90 Å². The first-order valence-corrected chi connectivity index (χ1v) is 6.92. The highest BCUT2D eigenvalue weighted by Crippen LogP contribution is 2.48. The predicted molar refractivity (Wildman–Crippen MR) is 67.8 cm³/mol. The summed E-state index contributed by atoms with van der Waals surface area (Å²) in [6.45, 7) is -0.0616. The zero-order valence-electron chi connectivity index (χ0n) is 11.2. The number of aliphatic carboxylic acids is 1. The molecule has 2 fully saturated rings. The summed E-state index contributed by atoms with van der Waals surface area (Å²) in [6.07, 6.45) is 6.25. The number of carboxylic acid groups (broad SMARTS) is 1. The molecule has 6 heteroatoms. The number of allylic oxidation sites excluding steroid dienone is 2. The lowest BCUT2D eigenvalue weighted by molar-refractivity contribution is -0.192. The first kappa shape index (κ1) is 13.5. The van der Waals surface area contributed by atoms with Gasteiger partial charge in [0.05, 0.1) is 25.2 Å². The molecule has 0 unspecified atom stereocenters. The Morgan fingerprint density at radius 3 is 2.50 bits per heavy atom. The van der Waals surface area contributed by atoms with Gasteiger partial charge in [0.25, 0.3) is 0 Å². The smallest absolute Gasteiger partial charge is 0.344 e. The van der Waals surface area contributed by atoms with Crippen molar-refractivity contribution in [3.63, 3.8) is 0 Å². The quantitative estimate of drug-likeness (QED) is 0.768. The minimum atomic E-state index is -2.38. The van der Waals surface area contributed by atoms with Gasteiger partial charge in [-0.15, -0.1) is 0 Å². The van der Waals surface area contributed by atoms with Crippen molar-refractivity contribution in [2.75, 3.05) is 26.3 Å². The second kappa shape index (κ2) is 4.55. The average Bonchev–Trinajstić information content (AvgIpc) is 2.74. The van der Waals surface area contributed by atoms with Crippen molar-refractivity contribution >= 4 is 11.9 Å². The summed E-state index contributed by atoms with van der Waals surface area (Å²) in [6, 6.07) is 0. The zero-order valence-corrected chi connectivity index (χ0v) is 11.2. The van der Waals surface area contributed by atoms with Crippen LogP contribution < -0.4 is 0 Å². The number of carbonyl (C=O) groups is 2. The average molecular weight is 283 g/mol. The minimum absolute atomic E-state index is 0.0736. The van der Waals surface area contributed by atoms with Crippen molar-refractivity contribution < 1.29 is 23.8 Å². The Morgan fingerprint density at radius 2 is 2.05 bits per heavy atom. The van der Waals surface area contributed by atoms with Crippen molar-refractivity contribution in [3.05, 3.63) is 12.2 Å². The first-order valence-electron chi connectivity index (χ1n) is 6.92. The molecule has 2 heterocycles. The van der Waals surface area contributed by atoms with Crippen LogP contribution in [-0.4, -0.2) is 53.9 Å². The molecular formula is C14H18FNO4. The molecule has 0 saturated carbocycles. The number of ether oxygens (including phenoxy) is 1. The predicted octanol–water partition coefficient (Wildman–Crippen LogP) is 0.994. The minimum Gasteiger partial charge on any atom is -0.479 e. The third kappa shape index (κ3) is 1.78. The highest BCUT2D eigenvalue weighted by atomic mass is 19.1. The van der Waals surface area contributed by atoms with E-state index in [0.29, 0.717) is 6.42 Å². The van der Waals surface area contributed by atoms with Gasteiger partial charge in [-0.2, -0.15) is 0 Å². The number of hydrogen-bond acceptors (Lipinski definition) is 3. The summed E-state index contributed by atoms with van der Waals surface area (Å²) in [4.78, 5) is 25.1. The van der Waals surface area contributed by atoms with Gasteiger partial charge in [-0.3, -0.25) is 4.79 Å². The van der Waals surface area contributed by atoms with Crippen LogP contribution in [0.5, 0.6) is 0 Å². The highest BCUT2D eigenvalue weighted by Gasteiger charge is 2.68. The number of halogens is 1. The number of rotatable bonds is 2. The number of likely N-dealkylation sites (tertiary alicyclic amines) is 1. The standard InChI is InChI=1S/C14H18FNO4/c15-14(12(18)19)7-16(6-13(14)8-20-9-13)11(17)10-4-2-1-3-5-10/h1-2,10H,3-9H2,(H,18,19)/t10-,14+/m1/s1. The molecule has 0 aromatic rings. The van der Waals surface area contributed by atoms with Crippen molar-refractivity contribution in [1.29, 1.82) is 0 Å². The number of nitrogens with zero attached hydrogens (tertiary/aromatic N) is 1. The lowest BCUT2D eigenvalue weighted by atomic mass is 9.74. The molecule has 20 heavy (non-hydrogen) atoms. The number of hydrogen-bond donors (Lipinski definition) is 1. The molecule has 5 nitrogen and oxygen atoms in total. The second-order valence-electron chi connectivity index (χ2n) is 6.06. The number of carboxylic acids is 1. The fraction of sp³-hybridized carbons (Fsp3) is 0.714. The Hall–Kier alpha value is -1.43. The number of carbonyl (C=O) groups excluding carboxylic acids is 1. The van der Waals surface area contributed by atoms with Crippen molar-refractivity contribution in [2.24, 2.45) is 11.3 Å². The molecule has 1 spiro atoms. The van der Waals surface area contributed by atoms with E-state index < -0.39 is 17.1 Å². The van der Waals surface area contributed by atoms with E-state index in [1.54, 1.807) is 0 Å². The summed E-state index contributed by atoms with van der Waals surface area (Å²) in [5.41, 5.74) is -3.44.